The number of piperidine rings is 1. The fourth-order valence-electron chi connectivity index (χ4n) is 2.75. The van der Waals surface area contributed by atoms with Crippen molar-refractivity contribution in [2.24, 2.45) is 0 Å². The highest BCUT2D eigenvalue weighted by Gasteiger charge is 2.29. The standard InChI is InChI=1S/C17H17BrClN3O5S2/c18-14-9-20-17(28-14)21-15(23)10-27-16(24)11-4-5-12(19)13(8-11)29(25,26)22-6-2-1-3-7-22/h4-5,8-9H,1-3,6-7,10H2,(H,20,21,23). The Morgan fingerprint density at radius 1 is 1.28 bits per heavy atom. The van der Waals surface area contributed by atoms with Gasteiger partial charge in [0.2, 0.25) is 10.0 Å². The summed E-state index contributed by atoms with van der Waals surface area (Å²) in [5.41, 5.74) is -0.00484. The van der Waals surface area contributed by atoms with Gasteiger partial charge in [-0.15, -0.1) is 0 Å². The van der Waals surface area contributed by atoms with E-state index in [0.717, 1.165) is 23.0 Å². The number of nitrogens with zero attached hydrogens (tertiary/aromatic N) is 2. The number of carbonyl (C=O) groups excluding carboxylic acids is 2. The summed E-state index contributed by atoms with van der Waals surface area (Å²) in [7, 11) is -3.82. The summed E-state index contributed by atoms with van der Waals surface area (Å²) in [5.74, 6) is -1.39. The number of amides is 1. The third-order valence-corrected chi connectivity index (χ3v) is 7.93. The van der Waals surface area contributed by atoms with Crippen molar-refractivity contribution in [1.82, 2.24) is 9.29 Å². The number of ether oxygens (including phenoxy) is 1. The summed E-state index contributed by atoms with van der Waals surface area (Å²) in [6.45, 7) is 0.299. The first-order chi connectivity index (χ1) is 13.8. The first kappa shape index (κ1) is 22.2. The van der Waals surface area contributed by atoms with Gasteiger partial charge in [0.25, 0.3) is 5.91 Å². The Bertz CT molecular complexity index is 1020. The van der Waals surface area contributed by atoms with Crippen LogP contribution in [0.1, 0.15) is 29.6 Å². The van der Waals surface area contributed by atoms with Gasteiger partial charge in [-0.25, -0.2) is 18.2 Å². The zero-order chi connectivity index (χ0) is 21.0. The van der Waals surface area contributed by atoms with Crippen LogP contribution in [0.25, 0.3) is 0 Å². The summed E-state index contributed by atoms with van der Waals surface area (Å²) in [6.07, 6.45) is 4.07. The average Bonchev–Trinajstić information content (AvgIpc) is 3.11. The van der Waals surface area contributed by atoms with Crippen molar-refractivity contribution in [2.45, 2.75) is 24.2 Å². The van der Waals surface area contributed by atoms with E-state index in [1.165, 1.54) is 40.0 Å². The fourth-order valence-corrected chi connectivity index (χ4v) is 5.89. The van der Waals surface area contributed by atoms with Crippen molar-refractivity contribution < 1.29 is 22.7 Å². The molecule has 156 valence electrons. The molecule has 0 spiro atoms. The molecule has 1 amide bonds. The number of hydrogen-bond acceptors (Lipinski definition) is 7. The van der Waals surface area contributed by atoms with E-state index < -0.39 is 28.5 Å². The Balaban J connectivity index is 1.68. The molecule has 1 saturated heterocycles. The van der Waals surface area contributed by atoms with Gasteiger partial charge in [-0.2, -0.15) is 4.31 Å². The first-order valence-corrected chi connectivity index (χ1v) is 12.1. The van der Waals surface area contributed by atoms with Gasteiger partial charge in [-0.1, -0.05) is 29.4 Å². The molecule has 1 N–H and O–H groups in total. The molecule has 1 aromatic carbocycles. The second-order valence-corrected chi connectivity index (χ2v) is 10.9. The highest BCUT2D eigenvalue weighted by atomic mass is 79.9. The molecular weight excluding hydrogens is 506 g/mol. The van der Waals surface area contributed by atoms with Crippen molar-refractivity contribution in [2.75, 3.05) is 25.0 Å². The summed E-state index contributed by atoms with van der Waals surface area (Å²) in [6, 6.07) is 3.88. The Kier molecular flexibility index (Phi) is 7.28. The quantitative estimate of drug-likeness (QED) is 0.582. The molecule has 0 bridgehead atoms. The molecule has 2 aromatic rings. The highest BCUT2D eigenvalue weighted by Crippen LogP contribution is 2.28. The maximum Gasteiger partial charge on any atom is 0.338 e. The second-order valence-electron chi connectivity index (χ2n) is 6.20. The van der Waals surface area contributed by atoms with Crippen LogP contribution in [0.4, 0.5) is 5.13 Å². The fraction of sp³-hybridized carbons (Fsp3) is 0.353. The molecule has 1 fully saturated rings. The van der Waals surface area contributed by atoms with Crippen LogP contribution in [0.5, 0.6) is 0 Å². The molecule has 1 aliphatic rings. The molecule has 0 unspecified atom stereocenters. The van der Waals surface area contributed by atoms with E-state index in [-0.39, 0.29) is 15.5 Å². The predicted octanol–water partition coefficient (Wildman–Crippen LogP) is 3.53. The zero-order valence-electron chi connectivity index (χ0n) is 15.1. The number of rotatable bonds is 6. The van der Waals surface area contributed by atoms with Gasteiger partial charge < -0.3 is 4.74 Å². The van der Waals surface area contributed by atoms with E-state index >= 15 is 0 Å². The minimum Gasteiger partial charge on any atom is -0.452 e. The lowest BCUT2D eigenvalue weighted by Crippen LogP contribution is -2.35. The van der Waals surface area contributed by atoms with Gasteiger partial charge in [0.05, 0.1) is 20.6 Å². The second kappa shape index (κ2) is 9.52. The molecule has 8 nitrogen and oxygen atoms in total. The van der Waals surface area contributed by atoms with Crippen LogP contribution in [0, 0.1) is 0 Å². The van der Waals surface area contributed by atoms with Crippen molar-refractivity contribution in [3.63, 3.8) is 0 Å². The van der Waals surface area contributed by atoms with Gasteiger partial charge in [-0.3, -0.25) is 10.1 Å². The summed E-state index contributed by atoms with van der Waals surface area (Å²) >= 11 is 10.5. The summed E-state index contributed by atoms with van der Waals surface area (Å²) in [5, 5.41) is 2.88. The molecular formula is C17H17BrClN3O5S2. The van der Waals surface area contributed by atoms with Crippen LogP contribution in [0.2, 0.25) is 5.02 Å². The lowest BCUT2D eigenvalue weighted by atomic mass is 10.2. The van der Waals surface area contributed by atoms with E-state index in [9.17, 15) is 18.0 Å². The largest absolute Gasteiger partial charge is 0.452 e. The lowest BCUT2D eigenvalue weighted by molar-refractivity contribution is -0.119. The highest BCUT2D eigenvalue weighted by molar-refractivity contribution is 9.11. The Morgan fingerprint density at radius 2 is 2.00 bits per heavy atom. The molecule has 0 aliphatic carbocycles. The average molecular weight is 523 g/mol. The molecule has 3 rings (SSSR count). The number of sulfonamides is 1. The number of thiazole rings is 1. The van der Waals surface area contributed by atoms with Crippen molar-refractivity contribution in [3.05, 3.63) is 38.8 Å². The normalized spacial score (nSPS) is 15.1. The molecule has 0 saturated carbocycles. The summed E-state index contributed by atoms with van der Waals surface area (Å²) in [4.78, 5) is 28.0. The third-order valence-electron chi connectivity index (χ3n) is 4.16. The number of aromatic nitrogens is 1. The van der Waals surface area contributed by atoms with Gasteiger partial charge in [0.15, 0.2) is 11.7 Å². The van der Waals surface area contributed by atoms with Crippen molar-refractivity contribution >= 4 is 65.9 Å². The van der Waals surface area contributed by atoms with Crippen molar-refractivity contribution in [3.8, 4) is 0 Å². The van der Waals surface area contributed by atoms with E-state index in [4.69, 9.17) is 16.3 Å². The minimum atomic E-state index is -3.82. The van der Waals surface area contributed by atoms with Crippen LogP contribution in [0.3, 0.4) is 0 Å². The number of anilines is 1. The van der Waals surface area contributed by atoms with Crippen molar-refractivity contribution in [1.29, 1.82) is 0 Å². The topological polar surface area (TPSA) is 106 Å². The Morgan fingerprint density at radius 3 is 2.66 bits per heavy atom. The maximum atomic E-state index is 12.9. The molecule has 29 heavy (non-hydrogen) atoms. The maximum absolute atomic E-state index is 12.9. The van der Waals surface area contributed by atoms with E-state index in [2.05, 4.69) is 26.2 Å². The number of esters is 1. The first-order valence-electron chi connectivity index (χ1n) is 8.65. The molecule has 0 atom stereocenters. The number of benzene rings is 1. The third kappa shape index (κ3) is 5.54. The molecule has 1 aromatic heterocycles. The van der Waals surface area contributed by atoms with E-state index in [1.807, 2.05) is 0 Å². The zero-order valence-corrected chi connectivity index (χ0v) is 19.0. The Labute approximate surface area is 185 Å². The monoisotopic (exact) mass is 521 g/mol. The number of halogens is 2. The SMILES string of the molecule is O=C(COC(=O)c1ccc(Cl)c(S(=O)(=O)N2CCCCC2)c1)Nc1ncc(Br)s1. The minimum absolute atomic E-state index is 0.00484. The van der Waals surface area contributed by atoms with E-state index in [1.54, 1.807) is 0 Å². The molecule has 2 heterocycles. The van der Waals surface area contributed by atoms with Gasteiger partial charge >= 0.3 is 5.97 Å². The molecule has 12 heteroatoms. The number of carbonyl (C=O) groups is 2. The van der Waals surface area contributed by atoms with Crippen LogP contribution in [0.15, 0.2) is 33.1 Å². The van der Waals surface area contributed by atoms with Gasteiger partial charge in [0.1, 0.15) is 4.90 Å². The number of hydrogen-bond donors (Lipinski definition) is 1. The van der Waals surface area contributed by atoms with Crippen LogP contribution >= 0.6 is 38.9 Å². The number of nitrogens with one attached hydrogen (secondary N) is 1. The predicted molar refractivity (Wildman–Crippen MR) is 113 cm³/mol. The van der Waals surface area contributed by atoms with E-state index in [0.29, 0.717) is 18.2 Å². The van der Waals surface area contributed by atoms with Crippen LogP contribution < -0.4 is 5.32 Å². The molecule has 0 radical (unpaired) electrons. The smallest absolute Gasteiger partial charge is 0.338 e. The van der Waals surface area contributed by atoms with Gasteiger partial charge in [-0.05, 0) is 47.0 Å². The summed E-state index contributed by atoms with van der Waals surface area (Å²) < 4.78 is 32.8. The van der Waals surface area contributed by atoms with Crippen LogP contribution in [-0.4, -0.2) is 49.3 Å². The lowest BCUT2D eigenvalue weighted by Gasteiger charge is -2.26. The molecule has 1 aliphatic heterocycles. The van der Waals surface area contributed by atoms with Gasteiger partial charge in [0, 0.05) is 13.1 Å². The Hall–Kier alpha value is -1.53. The van der Waals surface area contributed by atoms with Crippen LogP contribution in [-0.2, 0) is 19.6 Å².